The summed E-state index contributed by atoms with van der Waals surface area (Å²) in [5.74, 6) is -0.909. The normalized spacial score (nSPS) is 21.6. The summed E-state index contributed by atoms with van der Waals surface area (Å²) in [6.07, 6.45) is 4.18. The molecule has 0 saturated carbocycles. The Bertz CT molecular complexity index is 455. The van der Waals surface area contributed by atoms with Gasteiger partial charge in [0.2, 0.25) is 0 Å². The third-order valence-electron chi connectivity index (χ3n) is 2.99. The summed E-state index contributed by atoms with van der Waals surface area (Å²) in [5, 5.41) is 8.60. The first-order valence-corrected chi connectivity index (χ1v) is 7.29. The van der Waals surface area contributed by atoms with Gasteiger partial charge in [-0.05, 0) is 31.6 Å². The molecule has 1 aromatic rings. The van der Waals surface area contributed by atoms with Crippen LogP contribution in [0.15, 0.2) is 18.2 Å². The van der Waals surface area contributed by atoms with Crippen molar-refractivity contribution in [2.75, 3.05) is 19.7 Å². The van der Waals surface area contributed by atoms with Crippen LogP contribution in [-0.2, 0) is 16.1 Å². The second kappa shape index (κ2) is 6.84. The molecule has 1 aliphatic heterocycles. The van der Waals surface area contributed by atoms with Gasteiger partial charge in [-0.15, -0.1) is 11.3 Å². The van der Waals surface area contributed by atoms with E-state index in [1.54, 1.807) is 17.4 Å². The van der Waals surface area contributed by atoms with Crippen molar-refractivity contribution in [3.63, 3.8) is 0 Å². The summed E-state index contributed by atoms with van der Waals surface area (Å²) in [7, 11) is 0. The number of nitrogens with zero attached hydrogens (tertiary/aromatic N) is 1. The molecule has 5 heteroatoms. The zero-order chi connectivity index (χ0) is 13.7. The van der Waals surface area contributed by atoms with Crippen LogP contribution in [0.1, 0.15) is 23.1 Å². The molecule has 1 aliphatic rings. The first-order chi connectivity index (χ1) is 9.13. The molecule has 2 rings (SSSR count). The van der Waals surface area contributed by atoms with Gasteiger partial charge in [-0.1, -0.05) is 0 Å². The number of hydrogen-bond donors (Lipinski definition) is 1. The Balaban J connectivity index is 1.93. The Hall–Kier alpha value is -1.17. The van der Waals surface area contributed by atoms with E-state index in [0.717, 1.165) is 37.5 Å². The monoisotopic (exact) mass is 281 g/mol. The van der Waals surface area contributed by atoms with E-state index in [-0.39, 0.29) is 6.10 Å². The molecule has 1 N–H and O–H groups in total. The number of thiophene rings is 1. The molecule has 1 fully saturated rings. The zero-order valence-electron chi connectivity index (χ0n) is 11.0. The maximum Gasteiger partial charge on any atom is 0.328 e. The van der Waals surface area contributed by atoms with Gasteiger partial charge < -0.3 is 9.84 Å². The standard InChI is InChI=1S/C14H19NO3S/c1-11-9-15(7-2-8-18-11)10-13-4-3-12(19-13)5-6-14(16)17/h3-6,11H,2,7-10H2,1H3,(H,16,17). The smallest absolute Gasteiger partial charge is 0.328 e. The minimum absolute atomic E-state index is 0.286. The van der Waals surface area contributed by atoms with Crippen molar-refractivity contribution in [3.8, 4) is 0 Å². The summed E-state index contributed by atoms with van der Waals surface area (Å²) in [5.41, 5.74) is 0. The van der Waals surface area contributed by atoms with E-state index in [0.29, 0.717) is 0 Å². The molecular formula is C14H19NO3S. The number of aliphatic carboxylic acids is 1. The fourth-order valence-electron chi connectivity index (χ4n) is 2.17. The van der Waals surface area contributed by atoms with Crippen LogP contribution in [-0.4, -0.2) is 41.8 Å². The zero-order valence-corrected chi connectivity index (χ0v) is 11.9. The lowest BCUT2D eigenvalue weighted by atomic mass is 10.3. The molecule has 2 heterocycles. The van der Waals surface area contributed by atoms with Crippen LogP contribution >= 0.6 is 11.3 Å². The van der Waals surface area contributed by atoms with Gasteiger partial charge in [-0.3, -0.25) is 4.90 Å². The average Bonchev–Trinajstić information content (AvgIpc) is 2.69. The lowest BCUT2D eigenvalue weighted by molar-refractivity contribution is -0.131. The molecule has 0 aliphatic carbocycles. The highest BCUT2D eigenvalue weighted by molar-refractivity contribution is 7.12. The largest absolute Gasteiger partial charge is 0.478 e. The molecule has 1 saturated heterocycles. The van der Waals surface area contributed by atoms with E-state index < -0.39 is 5.97 Å². The number of carbonyl (C=O) groups is 1. The third kappa shape index (κ3) is 4.78. The van der Waals surface area contributed by atoms with E-state index in [4.69, 9.17) is 9.84 Å². The molecule has 0 spiro atoms. The molecule has 1 unspecified atom stereocenters. The highest BCUT2D eigenvalue weighted by atomic mass is 32.1. The number of hydrogen-bond acceptors (Lipinski definition) is 4. The van der Waals surface area contributed by atoms with E-state index in [1.807, 2.05) is 6.07 Å². The topological polar surface area (TPSA) is 49.8 Å². The van der Waals surface area contributed by atoms with E-state index in [1.165, 1.54) is 11.0 Å². The van der Waals surface area contributed by atoms with Crippen molar-refractivity contribution in [1.29, 1.82) is 0 Å². The van der Waals surface area contributed by atoms with Crippen molar-refractivity contribution in [2.45, 2.75) is 26.0 Å². The molecule has 4 nitrogen and oxygen atoms in total. The summed E-state index contributed by atoms with van der Waals surface area (Å²) >= 11 is 1.64. The van der Waals surface area contributed by atoms with Crippen LogP contribution < -0.4 is 0 Å². The Labute approximate surface area is 117 Å². The highest BCUT2D eigenvalue weighted by Gasteiger charge is 2.15. The SMILES string of the molecule is CC1CN(Cc2ccc(C=CC(=O)O)s2)CCCO1. The number of ether oxygens (including phenoxy) is 1. The Morgan fingerprint density at radius 2 is 2.47 bits per heavy atom. The second-order valence-corrected chi connectivity index (χ2v) is 5.95. The van der Waals surface area contributed by atoms with Crippen LogP contribution in [0.4, 0.5) is 0 Å². The van der Waals surface area contributed by atoms with Gasteiger partial charge in [0.15, 0.2) is 0 Å². The van der Waals surface area contributed by atoms with Crippen LogP contribution in [0.2, 0.25) is 0 Å². The Kier molecular flexibility index (Phi) is 5.13. The summed E-state index contributed by atoms with van der Waals surface area (Å²) in [6, 6.07) is 4.04. The van der Waals surface area contributed by atoms with Crippen molar-refractivity contribution in [3.05, 3.63) is 28.0 Å². The van der Waals surface area contributed by atoms with Crippen molar-refractivity contribution >= 4 is 23.4 Å². The van der Waals surface area contributed by atoms with Gasteiger partial charge in [-0.2, -0.15) is 0 Å². The van der Waals surface area contributed by atoms with Crippen molar-refractivity contribution in [1.82, 2.24) is 4.90 Å². The van der Waals surface area contributed by atoms with Crippen LogP contribution in [0.3, 0.4) is 0 Å². The molecule has 0 aromatic carbocycles. The quantitative estimate of drug-likeness (QED) is 0.861. The Morgan fingerprint density at radius 1 is 1.63 bits per heavy atom. The van der Waals surface area contributed by atoms with E-state index in [2.05, 4.69) is 17.9 Å². The fourth-order valence-corrected chi connectivity index (χ4v) is 3.12. The molecule has 1 atom stereocenters. The molecule has 0 bridgehead atoms. The predicted octanol–water partition coefficient (Wildman–Crippen LogP) is 2.46. The minimum atomic E-state index is -0.909. The summed E-state index contributed by atoms with van der Waals surface area (Å²) in [4.78, 5) is 15.1. The molecule has 0 amide bonds. The van der Waals surface area contributed by atoms with Gasteiger partial charge in [0.25, 0.3) is 0 Å². The highest BCUT2D eigenvalue weighted by Crippen LogP contribution is 2.20. The van der Waals surface area contributed by atoms with Crippen molar-refractivity contribution < 1.29 is 14.6 Å². The minimum Gasteiger partial charge on any atom is -0.478 e. The van der Waals surface area contributed by atoms with E-state index in [9.17, 15) is 4.79 Å². The van der Waals surface area contributed by atoms with Crippen LogP contribution in [0.25, 0.3) is 6.08 Å². The summed E-state index contributed by atoms with van der Waals surface area (Å²) in [6.45, 7) is 5.88. The number of rotatable bonds is 4. The van der Waals surface area contributed by atoms with Crippen molar-refractivity contribution in [2.24, 2.45) is 0 Å². The lowest BCUT2D eigenvalue weighted by Crippen LogP contribution is -2.29. The van der Waals surface area contributed by atoms with Gasteiger partial charge in [0, 0.05) is 42.1 Å². The fraction of sp³-hybridized carbons (Fsp3) is 0.500. The Morgan fingerprint density at radius 3 is 3.26 bits per heavy atom. The molecule has 19 heavy (non-hydrogen) atoms. The van der Waals surface area contributed by atoms with Gasteiger partial charge in [0.05, 0.1) is 6.10 Å². The maximum atomic E-state index is 10.5. The van der Waals surface area contributed by atoms with Gasteiger partial charge >= 0.3 is 5.97 Å². The van der Waals surface area contributed by atoms with Gasteiger partial charge in [-0.25, -0.2) is 4.79 Å². The first-order valence-electron chi connectivity index (χ1n) is 6.47. The predicted molar refractivity (Wildman–Crippen MR) is 76.3 cm³/mol. The third-order valence-corrected chi connectivity index (χ3v) is 4.02. The van der Waals surface area contributed by atoms with Crippen LogP contribution in [0.5, 0.6) is 0 Å². The van der Waals surface area contributed by atoms with Crippen LogP contribution in [0, 0.1) is 0 Å². The molecular weight excluding hydrogens is 262 g/mol. The average molecular weight is 281 g/mol. The molecule has 104 valence electrons. The number of carboxylic acid groups (broad SMARTS) is 1. The number of carboxylic acids is 1. The lowest BCUT2D eigenvalue weighted by Gasteiger charge is -2.20. The first kappa shape index (κ1) is 14.2. The second-order valence-electron chi connectivity index (χ2n) is 4.75. The summed E-state index contributed by atoms with van der Waals surface area (Å²) < 4.78 is 5.63. The van der Waals surface area contributed by atoms with E-state index >= 15 is 0 Å². The maximum absolute atomic E-state index is 10.5. The van der Waals surface area contributed by atoms with Gasteiger partial charge in [0.1, 0.15) is 0 Å². The molecule has 1 aromatic heterocycles. The molecule has 0 radical (unpaired) electrons.